The minimum Gasteiger partial charge on any atom is -0.394 e. The van der Waals surface area contributed by atoms with Crippen LogP contribution in [0.4, 0.5) is 0 Å². The van der Waals surface area contributed by atoms with Crippen molar-refractivity contribution in [3.05, 3.63) is 0 Å². The van der Waals surface area contributed by atoms with Crippen LogP contribution in [0.1, 0.15) is 32.1 Å². The molecule has 1 N–H and O–H groups in total. The Morgan fingerprint density at radius 2 is 2.11 bits per heavy atom. The lowest BCUT2D eigenvalue weighted by molar-refractivity contribution is -0.284. The first-order valence-electron chi connectivity index (χ1n) is 7.04. The first kappa shape index (κ1) is 13.5. The SMILES string of the molecule is COC1(OC)C[C@H]2[C@@H](CO)O[C@H]1C21CCCCC1=O. The summed E-state index contributed by atoms with van der Waals surface area (Å²) < 4.78 is 17.1. The van der Waals surface area contributed by atoms with Gasteiger partial charge in [-0.1, -0.05) is 6.42 Å². The van der Waals surface area contributed by atoms with Gasteiger partial charge in [0.15, 0.2) is 5.79 Å². The molecule has 3 aliphatic rings. The van der Waals surface area contributed by atoms with Gasteiger partial charge in [-0.15, -0.1) is 0 Å². The molecule has 3 rings (SSSR count). The highest BCUT2D eigenvalue weighted by Gasteiger charge is 2.73. The number of carbonyl (C=O) groups excluding carboxylic acids is 1. The van der Waals surface area contributed by atoms with Gasteiger partial charge in [0.2, 0.25) is 0 Å². The second-order valence-electron chi connectivity index (χ2n) is 5.94. The van der Waals surface area contributed by atoms with E-state index < -0.39 is 11.2 Å². The van der Waals surface area contributed by atoms with Crippen molar-refractivity contribution in [2.75, 3.05) is 20.8 Å². The Hall–Kier alpha value is -0.490. The lowest BCUT2D eigenvalue weighted by Gasteiger charge is -2.39. The van der Waals surface area contributed by atoms with Crippen LogP contribution in [0.5, 0.6) is 0 Å². The molecule has 2 bridgehead atoms. The summed E-state index contributed by atoms with van der Waals surface area (Å²) in [7, 11) is 3.20. The molecule has 4 atom stereocenters. The number of ether oxygens (including phenoxy) is 3. The molecule has 1 aliphatic heterocycles. The summed E-state index contributed by atoms with van der Waals surface area (Å²) in [6.07, 6.45) is 3.40. The van der Waals surface area contributed by atoms with Crippen LogP contribution < -0.4 is 0 Å². The molecule has 0 aromatic heterocycles. The number of carbonyl (C=O) groups is 1. The number of aliphatic hydroxyl groups excluding tert-OH is 1. The number of hydrogen-bond acceptors (Lipinski definition) is 5. The van der Waals surface area contributed by atoms with Gasteiger partial charge in [-0.3, -0.25) is 4.79 Å². The summed E-state index contributed by atoms with van der Waals surface area (Å²) in [5.74, 6) is -0.556. The highest BCUT2D eigenvalue weighted by molar-refractivity contribution is 5.87. The molecule has 2 aliphatic carbocycles. The Labute approximate surface area is 113 Å². The summed E-state index contributed by atoms with van der Waals surface area (Å²) in [4.78, 5) is 12.6. The topological polar surface area (TPSA) is 65.0 Å². The van der Waals surface area contributed by atoms with E-state index >= 15 is 0 Å². The summed E-state index contributed by atoms with van der Waals surface area (Å²) in [6.45, 7) is -0.0420. The van der Waals surface area contributed by atoms with Gasteiger partial charge in [-0.05, 0) is 12.8 Å². The zero-order valence-electron chi connectivity index (χ0n) is 11.6. The number of Topliss-reactive ketones (excluding diaryl/α,β-unsaturated/α-hetero) is 1. The standard InChI is InChI=1S/C14H22O5/c1-17-14(18-2)7-9-10(8-15)19-12(14)13(9)6-4-3-5-11(13)16/h9-10,12,15H,3-8H2,1-2H3/t9-,10+,12-,13?/m0/s1. The highest BCUT2D eigenvalue weighted by atomic mass is 16.7. The third kappa shape index (κ3) is 1.53. The Morgan fingerprint density at radius 1 is 1.37 bits per heavy atom. The van der Waals surface area contributed by atoms with Crippen molar-refractivity contribution in [3.63, 3.8) is 0 Å². The second kappa shape index (κ2) is 4.52. The van der Waals surface area contributed by atoms with Gasteiger partial charge in [-0.2, -0.15) is 0 Å². The predicted octanol–water partition coefficient (Wildman–Crippen LogP) is 0.885. The van der Waals surface area contributed by atoms with Gasteiger partial charge in [0, 0.05) is 33.0 Å². The van der Waals surface area contributed by atoms with Crippen molar-refractivity contribution in [1.82, 2.24) is 0 Å². The van der Waals surface area contributed by atoms with Crippen molar-refractivity contribution < 1.29 is 24.1 Å². The fraction of sp³-hybridized carbons (Fsp3) is 0.929. The molecular weight excluding hydrogens is 248 g/mol. The maximum absolute atomic E-state index is 12.6. The fourth-order valence-electron chi connectivity index (χ4n) is 4.52. The number of ketones is 1. The molecular formula is C14H22O5. The maximum atomic E-state index is 12.6. The summed E-state index contributed by atoms with van der Waals surface area (Å²) in [5, 5.41) is 9.49. The molecule has 0 aromatic rings. The number of hydrogen-bond donors (Lipinski definition) is 1. The van der Waals surface area contributed by atoms with E-state index in [0.29, 0.717) is 12.8 Å². The van der Waals surface area contributed by atoms with Gasteiger partial charge < -0.3 is 19.3 Å². The lowest BCUT2D eigenvalue weighted by Crippen LogP contribution is -2.52. The Balaban J connectivity index is 2.02. The molecule has 2 saturated carbocycles. The summed E-state index contributed by atoms with van der Waals surface area (Å²) in [6, 6.07) is 0. The van der Waals surface area contributed by atoms with E-state index in [9.17, 15) is 9.90 Å². The van der Waals surface area contributed by atoms with E-state index in [1.807, 2.05) is 0 Å². The molecule has 5 nitrogen and oxygen atoms in total. The number of rotatable bonds is 3. The second-order valence-corrected chi connectivity index (χ2v) is 5.94. The minimum atomic E-state index is -0.830. The van der Waals surface area contributed by atoms with Crippen LogP contribution in [0.3, 0.4) is 0 Å². The van der Waals surface area contributed by atoms with E-state index in [0.717, 1.165) is 19.3 Å². The quantitative estimate of drug-likeness (QED) is 0.771. The van der Waals surface area contributed by atoms with Gasteiger partial charge >= 0.3 is 0 Å². The van der Waals surface area contributed by atoms with Crippen molar-refractivity contribution in [3.8, 4) is 0 Å². The van der Waals surface area contributed by atoms with E-state index in [1.54, 1.807) is 14.2 Å². The molecule has 1 heterocycles. The molecule has 108 valence electrons. The maximum Gasteiger partial charge on any atom is 0.195 e. The molecule has 1 saturated heterocycles. The van der Waals surface area contributed by atoms with Crippen LogP contribution in [0.25, 0.3) is 0 Å². The molecule has 0 amide bonds. The van der Waals surface area contributed by atoms with Gasteiger partial charge in [0.25, 0.3) is 0 Å². The van der Waals surface area contributed by atoms with Crippen molar-refractivity contribution in [1.29, 1.82) is 0 Å². The zero-order valence-corrected chi connectivity index (χ0v) is 11.6. The van der Waals surface area contributed by atoms with E-state index in [4.69, 9.17) is 14.2 Å². The summed E-state index contributed by atoms with van der Waals surface area (Å²) in [5.41, 5.74) is -0.502. The smallest absolute Gasteiger partial charge is 0.195 e. The van der Waals surface area contributed by atoms with Crippen molar-refractivity contribution in [2.45, 2.75) is 50.1 Å². The van der Waals surface area contributed by atoms with Crippen molar-refractivity contribution >= 4 is 5.78 Å². The highest BCUT2D eigenvalue weighted by Crippen LogP contribution is 2.63. The van der Waals surface area contributed by atoms with Crippen LogP contribution in [0.2, 0.25) is 0 Å². The lowest BCUT2D eigenvalue weighted by atomic mass is 9.65. The average molecular weight is 270 g/mol. The van der Waals surface area contributed by atoms with Gasteiger partial charge in [0.1, 0.15) is 11.9 Å². The number of methoxy groups -OCH3 is 2. The van der Waals surface area contributed by atoms with Crippen LogP contribution >= 0.6 is 0 Å². The minimum absolute atomic E-state index is 0.00944. The van der Waals surface area contributed by atoms with Crippen LogP contribution in [-0.2, 0) is 19.0 Å². The van der Waals surface area contributed by atoms with Gasteiger partial charge in [-0.25, -0.2) is 0 Å². The first-order chi connectivity index (χ1) is 9.14. The molecule has 0 radical (unpaired) electrons. The third-order valence-electron chi connectivity index (χ3n) is 5.43. The zero-order chi connectivity index (χ0) is 13.7. The molecule has 0 aromatic carbocycles. The van der Waals surface area contributed by atoms with Gasteiger partial charge in [0.05, 0.1) is 18.1 Å². The molecule has 1 spiro atoms. The molecule has 1 unspecified atom stereocenters. The average Bonchev–Trinajstić information content (AvgIpc) is 2.90. The van der Waals surface area contributed by atoms with E-state index in [-0.39, 0.29) is 30.5 Å². The molecule has 19 heavy (non-hydrogen) atoms. The van der Waals surface area contributed by atoms with Crippen molar-refractivity contribution in [2.24, 2.45) is 11.3 Å². The van der Waals surface area contributed by atoms with Crippen LogP contribution in [0, 0.1) is 11.3 Å². The Morgan fingerprint density at radius 3 is 2.68 bits per heavy atom. The van der Waals surface area contributed by atoms with E-state index in [2.05, 4.69) is 0 Å². The van der Waals surface area contributed by atoms with E-state index in [1.165, 1.54) is 0 Å². The first-order valence-corrected chi connectivity index (χ1v) is 7.04. The molecule has 3 fully saturated rings. The largest absolute Gasteiger partial charge is 0.394 e. The summed E-state index contributed by atoms with van der Waals surface area (Å²) >= 11 is 0. The molecule has 5 heteroatoms. The monoisotopic (exact) mass is 270 g/mol. The fourth-order valence-corrected chi connectivity index (χ4v) is 4.52. The third-order valence-corrected chi connectivity index (χ3v) is 5.43. The Bertz CT molecular complexity index is 378. The predicted molar refractivity (Wildman–Crippen MR) is 66.5 cm³/mol. The number of aliphatic hydroxyl groups is 1. The normalized spacial score (nSPS) is 44.2. The Kier molecular flexibility index (Phi) is 3.21. The van der Waals surface area contributed by atoms with Crippen LogP contribution in [0.15, 0.2) is 0 Å². The van der Waals surface area contributed by atoms with Crippen LogP contribution in [-0.4, -0.2) is 49.7 Å².